The van der Waals surface area contributed by atoms with Gasteiger partial charge in [-0.15, -0.1) is 0 Å². The summed E-state index contributed by atoms with van der Waals surface area (Å²) in [5.74, 6) is -0.00790. The quantitative estimate of drug-likeness (QED) is 0.800. The molecule has 6 heteroatoms. The molecule has 112 valence electrons. The molecule has 20 heavy (non-hydrogen) atoms. The smallest absolute Gasteiger partial charge is 0.216 e. The second-order valence-electron chi connectivity index (χ2n) is 5.33. The minimum absolute atomic E-state index is 0.00790. The molecule has 5 nitrogen and oxygen atoms in total. The first-order valence-electron chi connectivity index (χ1n) is 7.05. The Morgan fingerprint density at radius 2 is 2.05 bits per heavy atom. The highest BCUT2D eigenvalue weighted by Gasteiger charge is 2.22. The standard InChI is InChI=1S/C14H23N3O2S/c1-2-17-8-6-14(7-9-17)16-20(18,19)11-12-4-3-5-13(15)10-12/h3-5,10,14,16H,2,6-9,11,15H2,1H3. The summed E-state index contributed by atoms with van der Waals surface area (Å²) in [5.41, 5.74) is 6.99. The van der Waals surface area contributed by atoms with Crippen molar-refractivity contribution in [2.24, 2.45) is 0 Å². The van der Waals surface area contributed by atoms with Crippen LogP contribution in [0.25, 0.3) is 0 Å². The Bertz CT molecular complexity index is 537. The molecule has 0 radical (unpaired) electrons. The normalized spacial score (nSPS) is 18.2. The Kier molecular flexibility index (Phi) is 5.01. The zero-order valence-electron chi connectivity index (χ0n) is 11.9. The fourth-order valence-corrected chi connectivity index (χ4v) is 4.01. The van der Waals surface area contributed by atoms with Gasteiger partial charge in [-0.05, 0) is 50.2 Å². The van der Waals surface area contributed by atoms with Crippen LogP contribution in [-0.2, 0) is 15.8 Å². The summed E-state index contributed by atoms with van der Waals surface area (Å²) in [6, 6.07) is 7.09. The number of rotatable bonds is 5. The lowest BCUT2D eigenvalue weighted by Crippen LogP contribution is -2.44. The van der Waals surface area contributed by atoms with Crippen LogP contribution >= 0.6 is 0 Å². The monoisotopic (exact) mass is 297 g/mol. The van der Waals surface area contributed by atoms with Gasteiger partial charge in [-0.25, -0.2) is 13.1 Å². The highest BCUT2D eigenvalue weighted by molar-refractivity contribution is 7.88. The largest absolute Gasteiger partial charge is 0.399 e. The number of nitrogens with two attached hydrogens (primary N) is 1. The number of hydrogen-bond acceptors (Lipinski definition) is 4. The lowest BCUT2D eigenvalue weighted by atomic mass is 10.1. The van der Waals surface area contributed by atoms with E-state index < -0.39 is 10.0 Å². The highest BCUT2D eigenvalue weighted by Crippen LogP contribution is 2.14. The Morgan fingerprint density at radius 3 is 2.65 bits per heavy atom. The van der Waals surface area contributed by atoms with E-state index in [2.05, 4.69) is 16.5 Å². The number of sulfonamides is 1. The van der Waals surface area contributed by atoms with Gasteiger partial charge in [-0.1, -0.05) is 19.1 Å². The Balaban J connectivity index is 1.91. The molecule has 0 spiro atoms. The molecule has 3 N–H and O–H groups in total. The average Bonchev–Trinajstić information content (AvgIpc) is 2.38. The molecule has 1 saturated heterocycles. The van der Waals surface area contributed by atoms with Crippen molar-refractivity contribution < 1.29 is 8.42 Å². The van der Waals surface area contributed by atoms with Gasteiger partial charge in [0.2, 0.25) is 10.0 Å². The number of likely N-dealkylation sites (tertiary alicyclic amines) is 1. The van der Waals surface area contributed by atoms with Crippen LogP contribution in [0.3, 0.4) is 0 Å². The van der Waals surface area contributed by atoms with Crippen LogP contribution in [0, 0.1) is 0 Å². The van der Waals surface area contributed by atoms with E-state index in [9.17, 15) is 8.42 Å². The number of nitrogens with one attached hydrogen (secondary N) is 1. The van der Waals surface area contributed by atoms with Gasteiger partial charge in [0, 0.05) is 11.7 Å². The van der Waals surface area contributed by atoms with Crippen LogP contribution < -0.4 is 10.5 Å². The van der Waals surface area contributed by atoms with Crippen molar-refractivity contribution >= 4 is 15.7 Å². The molecule has 0 saturated carbocycles. The summed E-state index contributed by atoms with van der Waals surface area (Å²) in [6.45, 7) is 5.08. The molecular formula is C14H23N3O2S. The van der Waals surface area contributed by atoms with E-state index in [-0.39, 0.29) is 11.8 Å². The second kappa shape index (κ2) is 6.56. The third-order valence-corrected chi connectivity index (χ3v) is 5.09. The lowest BCUT2D eigenvalue weighted by Gasteiger charge is -2.31. The van der Waals surface area contributed by atoms with Crippen molar-refractivity contribution in [3.63, 3.8) is 0 Å². The molecule has 1 aliphatic rings. The van der Waals surface area contributed by atoms with Gasteiger partial charge >= 0.3 is 0 Å². The van der Waals surface area contributed by atoms with Crippen molar-refractivity contribution in [1.82, 2.24) is 9.62 Å². The number of nitrogen functional groups attached to an aromatic ring is 1. The van der Waals surface area contributed by atoms with Gasteiger partial charge in [0.25, 0.3) is 0 Å². The molecule has 1 fully saturated rings. The maximum absolute atomic E-state index is 12.2. The van der Waals surface area contributed by atoms with Crippen molar-refractivity contribution in [3.8, 4) is 0 Å². The van der Waals surface area contributed by atoms with E-state index in [4.69, 9.17) is 5.73 Å². The number of piperidine rings is 1. The predicted molar refractivity (Wildman–Crippen MR) is 81.7 cm³/mol. The fourth-order valence-electron chi connectivity index (χ4n) is 2.56. The van der Waals surface area contributed by atoms with Crippen molar-refractivity contribution in [2.45, 2.75) is 31.6 Å². The minimum Gasteiger partial charge on any atom is -0.399 e. The Hall–Kier alpha value is -1.11. The van der Waals surface area contributed by atoms with Crippen LogP contribution in [0.1, 0.15) is 25.3 Å². The highest BCUT2D eigenvalue weighted by atomic mass is 32.2. The second-order valence-corrected chi connectivity index (χ2v) is 7.08. The Morgan fingerprint density at radius 1 is 1.35 bits per heavy atom. The van der Waals surface area contributed by atoms with Crippen LogP contribution in [0.2, 0.25) is 0 Å². The van der Waals surface area contributed by atoms with E-state index in [1.807, 2.05) is 0 Å². The van der Waals surface area contributed by atoms with Gasteiger partial charge in [0.1, 0.15) is 0 Å². The van der Waals surface area contributed by atoms with E-state index in [1.54, 1.807) is 24.3 Å². The van der Waals surface area contributed by atoms with Crippen molar-refractivity contribution in [3.05, 3.63) is 29.8 Å². The molecule has 0 aromatic heterocycles. The van der Waals surface area contributed by atoms with Crippen LogP contribution in [-0.4, -0.2) is 39.0 Å². The van der Waals surface area contributed by atoms with E-state index in [1.165, 1.54) is 0 Å². The predicted octanol–water partition coefficient (Wildman–Crippen LogP) is 1.17. The molecule has 0 bridgehead atoms. The van der Waals surface area contributed by atoms with Crippen LogP contribution in [0.5, 0.6) is 0 Å². The molecule has 0 amide bonds. The summed E-state index contributed by atoms with van der Waals surface area (Å²) in [4.78, 5) is 2.34. The Labute approximate surface area is 121 Å². The summed E-state index contributed by atoms with van der Waals surface area (Å²) in [5, 5.41) is 0. The first kappa shape index (κ1) is 15.3. The van der Waals surface area contributed by atoms with Crippen LogP contribution in [0.4, 0.5) is 5.69 Å². The number of benzene rings is 1. The molecule has 2 rings (SSSR count). The first-order valence-corrected chi connectivity index (χ1v) is 8.70. The van der Waals surface area contributed by atoms with Gasteiger partial charge in [-0.3, -0.25) is 0 Å². The molecule has 0 unspecified atom stereocenters. The van der Waals surface area contributed by atoms with E-state index >= 15 is 0 Å². The summed E-state index contributed by atoms with van der Waals surface area (Å²) in [7, 11) is -3.30. The van der Waals surface area contributed by atoms with Gasteiger partial charge in [-0.2, -0.15) is 0 Å². The molecule has 0 atom stereocenters. The number of nitrogens with zero attached hydrogens (tertiary/aromatic N) is 1. The van der Waals surface area contributed by atoms with Gasteiger partial charge in [0.05, 0.1) is 5.75 Å². The SMILES string of the molecule is CCN1CCC(NS(=O)(=O)Cc2cccc(N)c2)CC1. The molecule has 1 aromatic rings. The summed E-state index contributed by atoms with van der Waals surface area (Å²) in [6.07, 6.45) is 1.76. The van der Waals surface area contributed by atoms with Gasteiger partial charge < -0.3 is 10.6 Å². The maximum Gasteiger partial charge on any atom is 0.216 e. The molecule has 0 aliphatic carbocycles. The average molecular weight is 297 g/mol. The van der Waals surface area contributed by atoms with Crippen LogP contribution in [0.15, 0.2) is 24.3 Å². The van der Waals surface area contributed by atoms with E-state index in [0.29, 0.717) is 5.69 Å². The number of anilines is 1. The van der Waals surface area contributed by atoms with Gasteiger partial charge in [0.15, 0.2) is 0 Å². The van der Waals surface area contributed by atoms with Crippen molar-refractivity contribution in [1.29, 1.82) is 0 Å². The lowest BCUT2D eigenvalue weighted by molar-refractivity contribution is 0.217. The molecule has 1 aromatic carbocycles. The summed E-state index contributed by atoms with van der Waals surface area (Å²) < 4.78 is 27.1. The summed E-state index contributed by atoms with van der Waals surface area (Å²) >= 11 is 0. The topological polar surface area (TPSA) is 75.4 Å². The third kappa shape index (κ3) is 4.47. The maximum atomic E-state index is 12.2. The fraction of sp³-hybridized carbons (Fsp3) is 0.571. The zero-order valence-corrected chi connectivity index (χ0v) is 12.7. The third-order valence-electron chi connectivity index (χ3n) is 3.69. The molecule has 1 aliphatic heterocycles. The minimum atomic E-state index is -3.30. The first-order chi connectivity index (χ1) is 9.48. The number of hydrogen-bond donors (Lipinski definition) is 2. The molecule has 1 heterocycles. The van der Waals surface area contributed by atoms with E-state index in [0.717, 1.165) is 38.0 Å². The molecular weight excluding hydrogens is 274 g/mol. The van der Waals surface area contributed by atoms with Crippen molar-refractivity contribution in [2.75, 3.05) is 25.4 Å². The zero-order chi connectivity index (χ0) is 14.6.